The fourth-order valence-electron chi connectivity index (χ4n) is 2.86. The van der Waals surface area contributed by atoms with E-state index in [0.717, 1.165) is 21.3 Å². The van der Waals surface area contributed by atoms with E-state index in [2.05, 4.69) is 26.1 Å². The molecule has 0 aliphatic carbocycles. The molecule has 28 heavy (non-hydrogen) atoms. The molecule has 0 aliphatic rings. The predicted octanol–water partition coefficient (Wildman–Crippen LogP) is 4.49. The molecule has 0 fully saturated rings. The number of carbonyl (C=O) groups is 1. The van der Waals surface area contributed by atoms with Crippen LogP contribution in [0.3, 0.4) is 0 Å². The summed E-state index contributed by atoms with van der Waals surface area (Å²) in [7, 11) is 3.42. The number of benzene rings is 2. The summed E-state index contributed by atoms with van der Waals surface area (Å²) >= 11 is 3.46. The molecule has 3 aromatic rings. The molecule has 2 aromatic carbocycles. The van der Waals surface area contributed by atoms with Gasteiger partial charge in [0.15, 0.2) is 0 Å². The summed E-state index contributed by atoms with van der Waals surface area (Å²) in [5, 5.41) is 4.00. The van der Waals surface area contributed by atoms with Crippen LogP contribution < -0.4 is 4.74 Å². The molecule has 1 amide bonds. The number of nitrogens with zero attached hydrogens (tertiary/aromatic N) is 3. The number of aryl methyl sites for hydroxylation is 1. The fraction of sp³-hybridized carbons (Fsp3) is 0.286. The van der Waals surface area contributed by atoms with Crippen LogP contribution in [0.1, 0.15) is 24.3 Å². The van der Waals surface area contributed by atoms with Gasteiger partial charge in [0, 0.05) is 42.0 Å². The third-order valence-corrected chi connectivity index (χ3v) is 4.85. The minimum Gasteiger partial charge on any atom is -0.496 e. The first kappa shape index (κ1) is 20.1. The average Bonchev–Trinajstić information content (AvgIpc) is 3.17. The molecule has 0 atom stereocenters. The zero-order chi connectivity index (χ0) is 19.9. The average molecular weight is 444 g/mol. The normalized spacial score (nSPS) is 10.7. The number of hydrogen-bond donors (Lipinski definition) is 0. The largest absolute Gasteiger partial charge is 0.496 e. The van der Waals surface area contributed by atoms with Crippen molar-refractivity contribution >= 4 is 21.8 Å². The Morgan fingerprint density at radius 3 is 2.75 bits per heavy atom. The van der Waals surface area contributed by atoms with E-state index in [1.165, 1.54) is 0 Å². The molecule has 0 bridgehead atoms. The van der Waals surface area contributed by atoms with Gasteiger partial charge in [-0.3, -0.25) is 4.79 Å². The Kier molecular flexibility index (Phi) is 6.81. The summed E-state index contributed by atoms with van der Waals surface area (Å²) in [6, 6.07) is 15.4. The SMILES string of the molecule is COc1ccc(Br)cc1CN(C)C(=O)CCCc1nc(-c2ccccc2)no1. The van der Waals surface area contributed by atoms with Gasteiger partial charge in [-0.05, 0) is 24.6 Å². The molecule has 1 aromatic heterocycles. The smallest absolute Gasteiger partial charge is 0.226 e. The van der Waals surface area contributed by atoms with Gasteiger partial charge in [0.05, 0.1) is 7.11 Å². The highest BCUT2D eigenvalue weighted by molar-refractivity contribution is 9.10. The summed E-state index contributed by atoms with van der Waals surface area (Å²) in [6.45, 7) is 0.486. The van der Waals surface area contributed by atoms with Crippen molar-refractivity contribution < 1.29 is 14.1 Å². The summed E-state index contributed by atoms with van der Waals surface area (Å²) in [4.78, 5) is 18.6. The summed E-state index contributed by atoms with van der Waals surface area (Å²) in [5.41, 5.74) is 1.87. The molecule has 0 spiro atoms. The lowest BCUT2D eigenvalue weighted by Crippen LogP contribution is -2.26. The van der Waals surface area contributed by atoms with Crippen LogP contribution in [0.5, 0.6) is 5.75 Å². The molecule has 7 heteroatoms. The van der Waals surface area contributed by atoms with Crippen molar-refractivity contribution in [1.29, 1.82) is 0 Å². The maximum Gasteiger partial charge on any atom is 0.226 e. The van der Waals surface area contributed by atoms with Gasteiger partial charge in [-0.25, -0.2) is 0 Å². The third kappa shape index (κ3) is 5.19. The number of ether oxygens (including phenoxy) is 1. The van der Waals surface area contributed by atoms with Gasteiger partial charge >= 0.3 is 0 Å². The van der Waals surface area contributed by atoms with E-state index in [0.29, 0.717) is 37.5 Å². The van der Waals surface area contributed by atoms with E-state index in [9.17, 15) is 4.79 Å². The lowest BCUT2D eigenvalue weighted by atomic mass is 10.1. The first-order valence-electron chi connectivity index (χ1n) is 9.01. The molecule has 0 radical (unpaired) electrons. The van der Waals surface area contributed by atoms with E-state index in [1.807, 2.05) is 48.5 Å². The Morgan fingerprint density at radius 2 is 2.00 bits per heavy atom. The molecular weight excluding hydrogens is 422 g/mol. The van der Waals surface area contributed by atoms with Crippen LogP contribution in [0.4, 0.5) is 0 Å². The van der Waals surface area contributed by atoms with E-state index >= 15 is 0 Å². The monoisotopic (exact) mass is 443 g/mol. The maximum atomic E-state index is 12.5. The van der Waals surface area contributed by atoms with Crippen molar-refractivity contribution in [2.75, 3.05) is 14.2 Å². The van der Waals surface area contributed by atoms with Crippen LogP contribution in [0, 0.1) is 0 Å². The van der Waals surface area contributed by atoms with Gasteiger partial charge in [-0.2, -0.15) is 4.98 Å². The van der Waals surface area contributed by atoms with E-state index in [4.69, 9.17) is 9.26 Å². The Hall–Kier alpha value is -2.67. The molecule has 146 valence electrons. The molecule has 0 N–H and O–H groups in total. The van der Waals surface area contributed by atoms with Gasteiger partial charge in [-0.1, -0.05) is 51.4 Å². The van der Waals surface area contributed by atoms with Crippen LogP contribution in [0.25, 0.3) is 11.4 Å². The fourth-order valence-corrected chi connectivity index (χ4v) is 3.27. The molecule has 3 rings (SSSR count). The minimum absolute atomic E-state index is 0.0600. The molecule has 6 nitrogen and oxygen atoms in total. The Balaban J connectivity index is 1.50. The van der Waals surface area contributed by atoms with Crippen molar-refractivity contribution in [2.24, 2.45) is 0 Å². The Labute approximate surface area is 172 Å². The lowest BCUT2D eigenvalue weighted by Gasteiger charge is -2.19. The van der Waals surface area contributed by atoms with E-state index in [-0.39, 0.29) is 5.91 Å². The molecule has 0 unspecified atom stereocenters. The minimum atomic E-state index is 0.0600. The molecule has 0 saturated carbocycles. The molecule has 1 heterocycles. The van der Waals surface area contributed by atoms with Crippen molar-refractivity contribution in [2.45, 2.75) is 25.8 Å². The lowest BCUT2D eigenvalue weighted by molar-refractivity contribution is -0.130. The van der Waals surface area contributed by atoms with Crippen molar-refractivity contribution in [3.63, 3.8) is 0 Å². The summed E-state index contributed by atoms with van der Waals surface area (Å²) in [5.74, 6) is 1.94. The van der Waals surface area contributed by atoms with E-state index < -0.39 is 0 Å². The summed E-state index contributed by atoms with van der Waals surface area (Å²) in [6.07, 6.45) is 1.63. The number of amides is 1. The second kappa shape index (κ2) is 9.50. The third-order valence-electron chi connectivity index (χ3n) is 4.36. The number of hydrogen-bond acceptors (Lipinski definition) is 5. The van der Waals surface area contributed by atoms with Gasteiger partial charge in [0.1, 0.15) is 5.75 Å². The predicted molar refractivity (Wildman–Crippen MR) is 110 cm³/mol. The maximum absolute atomic E-state index is 12.5. The number of carbonyl (C=O) groups excluding carboxylic acids is 1. The summed E-state index contributed by atoms with van der Waals surface area (Å²) < 4.78 is 11.6. The highest BCUT2D eigenvalue weighted by Gasteiger charge is 2.14. The zero-order valence-electron chi connectivity index (χ0n) is 15.9. The first-order valence-corrected chi connectivity index (χ1v) is 9.80. The van der Waals surface area contributed by atoms with E-state index in [1.54, 1.807) is 19.1 Å². The standard InChI is InChI=1S/C21H22BrN3O3/c1-25(14-16-13-17(22)11-12-18(16)27-2)20(26)10-6-9-19-23-21(24-28-19)15-7-4-3-5-8-15/h3-5,7-8,11-13H,6,9-10,14H2,1-2H3. The number of aromatic nitrogens is 2. The highest BCUT2D eigenvalue weighted by atomic mass is 79.9. The second-order valence-corrected chi connectivity index (χ2v) is 7.35. The molecule has 0 aliphatic heterocycles. The van der Waals surface area contributed by atoms with Crippen LogP contribution >= 0.6 is 15.9 Å². The number of methoxy groups -OCH3 is 1. The van der Waals surface area contributed by atoms with Crippen molar-refractivity contribution in [3.05, 3.63) is 64.5 Å². The zero-order valence-corrected chi connectivity index (χ0v) is 17.5. The quantitative estimate of drug-likeness (QED) is 0.512. The molecule has 0 saturated heterocycles. The van der Waals surface area contributed by atoms with Gasteiger partial charge < -0.3 is 14.2 Å². The number of rotatable bonds is 8. The van der Waals surface area contributed by atoms with Gasteiger partial charge in [0.25, 0.3) is 0 Å². The van der Waals surface area contributed by atoms with Crippen LogP contribution in [0.2, 0.25) is 0 Å². The van der Waals surface area contributed by atoms with Crippen LogP contribution in [0.15, 0.2) is 57.5 Å². The van der Waals surface area contributed by atoms with Crippen LogP contribution in [-0.4, -0.2) is 35.1 Å². The topological polar surface area (TPSA) is 68.5 Å². The highest BCUT2D eigenvalue weighted by Crippen LogP contribution is 2.24. The van der Waals surface area contributed by atoms with Crippen molar-refractivity contribution in [3.8, 4) is 17.1 Å². The number of halogens is 1. The van der Waals surface area contributed by atoms with Gasteiger partial charge in [-0.15, -0.1) is 0 Å². The van der Waals surface area contributed by atoms with Crippen LogP contribution in [-0.2, 0) is 17.8 Å². The van der Waals surface area contributed by atoms with Gasteiger partial charge in [0.2, 0.25) is 17.6 Å². The second-order valence-electron chi connectivity index (χ2n) is 6.44. The first-order chi connectivity index (χ1) is 13.6. The van der Waals surface area contributed by atoms with Crippen molar-refractivity contribution in [1.82, 2.24) is 15.0 Å². The Bertz CT molecular complexity index is 928. The Morgan fingerprint density at radius 1 is 1.21 bits per heavy atom. The molecular formula is C21H22BrN3O3.